The van der Waals surface area contributed by atoms with E-state index >= 15 is 0 Å². The maximum absolute atomic E-state index is 5.16. The fourth-order valence-corrected chi connectivity index (χ4v) is 9.30. The highest BCUT2D eigenvalue weighted by Crippen LogP contribution is 2.42. The molecule has 0 radical (unpaired) electrons. The number of benzene rings is 7. The minimum Gasteiger partial charge on any atom is -0.208 e. The molecule has 0 aliphatic heterocycles. The van der Waals surface area contributed by atoms with E-state index in [1.807, 2.05) is 40.9 Å². The van der Waals surface area contributed by atoms with Crippen LogP contribution in [0.5, 0.6) is 0 Å². The Morgan fingerprint density at radius 2 is 0.680 bits per heavy atom. The summed E-state index contributed by atoms with van der Waals surface area (Å²) in [6.07, 6.45) is 0. The van der Waals surface area contributed by atoms with Gasteiger partial charge in [0.05, 0.1) is 0 Å². The van der Waals surface area contributed by atoms with Gasteiger partial charge in [0.15, 0.2) is 17.5 Å². The summed E-state index contributed by atoms with van der Waals surface area (Å²) in [6, 6.07) is 57.9. The molecule has 0 unspecified atom stereocenters. The van der Waals surface area contributed by atoms with Crippen molar-refractivity contribution in [1.29, 1.82) is 0 Å². The maximum Gasteiger partial charge on any atom is 0.164 e. The molecule has 0 aliphatic rings. The second-order valence-electron chi connectivity index (χ2n) is 12.4. The third kappa shape index (κ3) is 4.90. The molecular weight excluding hydrogens is 647 g/mol. The number of hydrogen-bond donors (Lipinski definition) is 0. The number of nitrogens with zero attached hydrogens (tertiary/aromatic N) is 3. The Morgan fingerprint density at radius 3 is 1.20 bits per heavy atom. The summed E-state index contributed by atoms with van der Waals surface area (Å²) in [4.78, 5) is 15.3. The lowest BCUT2D eigenvalue weighted by Gasteiger charge is -2.11. The molecule has 0 saturated heterocycles. The van der Waals surface area contributed by atoms with Gasteiger partial charge in [0, 0.05) is 57.0 Å². The summed E-state index contributed by atoms with van der Waals surface area (Å²) in [5.41, 5.74) is 7.55. The Balaban J connectivity index is 1.13. The zero-order valence-corrected chi connectivity index (χ0v) is 28.4. The van der Waals surface area contributed by atoms with E-state index in [9.17, 15) is 0 Å². The van der Waals surface area contributed by atoms with Gasteiger partial charge in [-0.25, -0.2) is 15.0 Å². The molecule has 3 nitrogen and oxygen atoms in total. The van der Waals surface area contributed by atoms with Crippen LogP contribution in [0.1, 0.15) is 0 Å². The monoisotopic (exact) mass is 673 g/mol. The first kappa shape index (κ1) is 29.0. The molecule has 10 rings (SSSR count). The Labute approximate surface area is 296 Å². The molecule has 0 spiro atoms. The SMILES string of the molecule is c1ccc(-c2nc(-c3cccc(-c4cccc5sc6ccccc6c45)c3)nc(-c3cccc(-c4cccc5sc6ccccc6c45)c3)n2)cc1. The van der Waals surface area contributed by atoms with E-state index in [4.69, 9.17) is 15.0 Å². The summed E-state index contributed by atoms with van der Waals surface area (Å²) in [6.45, 7) is 0. The predicted molar refractivity (Wildman–Crippen MR) is 213 cm³/mol. The Bertz CT molecular complexity index is 2710. The van der Waals surface area contributed by atoms with Crippen molar-refractivity contribution in [3.05, 3.63) is 164 Å². The number of hydrogen-bond acceptors (Lipinski definition) is 5. The molecule has 234 valence electrons. The molecule has 0 bridgehead atoms. The molecule has 7 aromatic carbocycles. The fourth-order valence-electron chi connectivity index (χ4n) is 7.03. The van der Waals surface area contributed by atoms with Crippen molar-refractivity contribution >= 4 is 63.0 Å². The van der Waals surface area contributed by atoms with Gasteiger partial charge in [-0.15, -0.1) is 22.7 Å². The largest absolute Gasteiger partial charge is 0.208 e. The summed E-state index contributed by atoms with van der Waals surface area (Å²) in [7, 11) is 0. The Kier molecular flexibility index (Phi) is 6.86. The van der Waals surface area contributed by atoms with E-state index in [2.05, 4.69) is 146 Å². The second-order valence-corrected chi connectivity index (χ2v) is 14.6. The summed E-state index contributed by atoms with van der Waals surface area (Å²) in [5, 5.41) is 5.15. The lowest BCUT2D eigenvalue weighted by atomic mass is 9.97. The van der Waals surface area contributed by atoms with Gasteiger partial charge in [-0.2, -0.15) is 0 Å². The predicted octanol–water partition coefficient (Wildman–Crippen LogP) is 12.9. The van der Waals surface area contributed by atoms with Crippen LogP contribution in [0.4, 0.5) is 0 Å². The van der Waals surface area contributed by atoms with Crippen LogP contribution in [0, 0.1) is 0 Å². The summed E-state index contributed by atoms with van der Waals surface area (Å²) >= 11 is 3.68. The first-order valence-electron chi connectivity index (χ1n) is 16.6. The molecule has 3 aromatic heterocycles. The van der Waals surface area contributed by atoms with Crippen molar-refractivity contribution in [2.75, 3.05) is 0 Å². The van der Waals surface area contributed by atoms with Gasteiger partial charge >= 0.3 is 0 Å². The summed E-state index contributed by atoms with van der Waals surface area (Å²) < 4.78 is 5.17. The summed E-state index contributed by atoms with van der Waals surface area (Å²) in [5.74, 6) is 1.95. The number of aromatic nitrogens is 3. The van der Waals surface area contributed by atoms with Crippen molar-refractivity contribution in [3.8, 4) is 56.4 Å². The molecule has 0 fully saturated rings. The molecule has 0 N–H and O–H groups in total. The zero-order chi connectivity index (χ0) is 33.0. The highest BCUT2D eigenvalue weighted by atomic mass is 32.1. The third-order valence-electron chi connectivity index (χ3n) is 9.34. The van der Waals surface area contributed by atoms with Crippen molar-refractivity contribution in [2.24, 2.45) is 0 Å². The van der Waals surface area contributed by atoms with Crippen LogP contribution in [-0.4, -0.2) is 15.0 Å². The average molecular weight is 674 g/mol. The van der Waals surface area contributed by atoms with Crippen LogP contribution in [0.15, 0.2) is 164 Å². The molecule has 50 heavy (non-hydrogen) atoms. The number of rotatable bonds is 5. The maximum atomic E-state index is 5.16. The third-order valence-corrected chi connectivity index (χ3v) is 11.6. The van der Waals surface area contributed by atoms with Crippen LogP contribution >= 0.6 is 22.7 Å². The van der Waals surface area contributed by atoms with E-state index in [1.54, 1.807) is 0 Å². The standard InChI is InChI=1S/C45H27N3S2/c1-2-12-28(13-3-1)43-46-44(31-16-8-14-29(26-31)33-20-10-24-39-41(33)35-18-4-6-22-37(35)49-39)48-45(47-43)32-17-9-15-30(27-32)34-21-11-25-40-42(34)36-19-5-7-23-38(36)50-40/h1-27H. The van der Waals surface area contributed by atoms with Gasteiger partial charge in [0.2, 0.25) is 0 Å². The molecular formula is C45H27N3S2. The first-order valence-corrected chi connectivity index (χ1v) is 18.2. The van der Waals surface area contributed by atoms with Gasteiger partial charge in [-0.1, -0.05) is 127 Å². The van der Waals surface area contributed by atoms with Gasteiger partial charge in [0.25, 0.3) is 0 Å². The first-order chi connectivity index (χ1) is 24.8. The quantitative estimate of drug-likeness (QED) is 0.182. The Hall–Kier alpha value is -6.01. The van der Waals surface area contributed by atoms with Crippen molar-refractivity contribution in [3.63, 3.8) is 0 Å². The normalized spacial score (nSPS) is 11.6. The zero-order valence-electron chi connectivity index (χ0n) is 26.7. The fraction of sp³-hybridized carbons (Fsp3) is 0. The molecule has 0 saturated carbocycles. The molecule has 10 aromatic rings. The van der Waals surface area contributed by atoms with Gasteiger partial charge in [0.1, 0.15) is 0 Å². The van der Waals surface area contributed by atoms with Crippen molar-refractivity contribution in [1.82, 2.24) is 15.0 Å². The van der Waals surface area contributed by atoms with Crippen LogP contribution in [0.2, 0.25) is 0 Å². The van der Waals surface area contributed by atoms with E-state index in [0.29, 0.717) is 17.5 Å². The molecule has 5 heteroatoms. The number of fused-ring (bicyclic) bond motifs is 6. The minimum absolute atomic E-state index is 0.648. The van der Waals surface area contributed by atoms with Crippen molar-refractivity contribution in [2.45, 2.75) is 0 Å². The van der Waals surface area contributed by atoms with Gasteiger partial charge in [-0.3, -0.25) is 0 Å². The van der Waals surface area contributed by atoms with E-state index in [1.165, 1.54) is 51.5 Å². The number of thiophene rings is 2. The van der Waals surface area contributed by atoms with E-state index < -0.39 is 0 Å². The molecule has 3 heterocycles. The second kappa shape index (κ2) is 11.8. The minimum atomic E-state index is 0.648. The van der Waals surface area contributed by atoms with Gasteiger partial charge in [-0.05, 0) is 58.7 Å². The topological polar surface area (TPSA) is 38.7 Å². The Morgan fingerprint density at radius 1 is 0.300 bits per heavy atom. The average Bonchev–Trinajstić information content (AvgIpc) is 3.77. The van der Waals surface area contributed by atoms with Crippen LogP contribution < -0.4 is 0 Å². The van der Waals surface area contributed by atoms with Gasteiger partial charge < -0.3 is 0 Å². The van der Waals surface area contributed by atoms with E-state index in [-0.39, 0.29) is 0 Å². The van der Waals surface area contributed by atoms with E-state index in [0.717, 1.165) is 27.8 Å². The van der Waals surface area contributed by atoms with Crippen molar-refractivity contribution < 1.29 is 0 Å². The van der Waals surface area contributed by atoms with Crippen LogP contribution in [0.3, 0.4) is 0 Å². The molecule has 0 aliphatic carbocycles. The van der Waals surface area contributed by atoms with Crippen LogP contribution in [0.25, 0.3) is 96.8 Å². The smallest absolute Gasteiger partial charge is 0.164 e. The molecule has 0 amide bonds. The molecule has 0 atom stereocenters. The lowest BCUT2D eigenvalue weighted by molar-refractivity contribution is 1.07. The lowest BCUT2D eigenvalue weighted by Crippen LogP contribution is -2.00. The highest BCUT2D eigenvalue weighted by Gasteiger charge is 2.17. The highest BCUT2D eigenvalue weighted by molar-refractivity contribution is 7.26. The van der Waals surface area contributed by atoms with Crippen LogP contribution in [-0.2, 0) is 0 Å².